The van der Waals surface area contributed by atoms with Crippen molar-refractivity contribution < 1.29 is 0 Å². The first-order valence-electron chi connectivity index (χ1n) is 21.3. The third-order valence-electron chi connectivity index (χ3n) is 16.2. The summed E-state index contributed by atoms with van der Waals surface area (Å²) in [5.74, 6) is 3.63. The average Bonchev–Trinajstić information content (AvgIpc) is 3.76. The second-order valence-corrected chi connectivity index (χ2v) is 20.7. The Kier molecular flexibility index (Phi) is 6.92. The fraction of sp³-hybridized carbons (Fsp3) is 0.333. The van der Waals surface area contributed by atoms with Crippen molar-refractivity contribution in [1.29, 1.82) is 0 Å². The van der Waals surface area contributed by atoms with Gasteiger partial charge in [-0.1, -0.05) is 137 Å². The Labute approximate surface area is 337 Å². The summed E-state index contributed by atoms with van der Waals surface area (Å²) in [6, 6.07) is 53.5. The summed E-state index contributed by atoms with van der Waals surface area (Å²) in [4.78, 5) is 5.52. The number of anilines is 3. The van der Waals surface area contributed by atoms with Gasteiger partial charge in [-0.05, 0) is 165 Å². The third-order valence-corrected chi connectivity index (χ3v) is 17.4. The number of nitrogens with zero attached hydrogens (tertiary/aromatic N) is 1. The normalized spacial score (nSPS) is 29.0. The molecule has 6 aromatic carbocycles. The minimum atomic E-state index is 0.0684. The zero-order valence-corrected chi connectivity index (χ0v) is 34.0. The molecule has 2 heteroatoms. The molecule has 1 nitrogen and oxygen atoms in total. The van der Waals surface area contributed by atoms with E-state index in [0.29, 0.717) is 5.41 Å². The molecule has 6 unspecified atom stereocenters. The van der Waals surface area contributed by atoms with E-state index in [1.807, 2.05) is 11.8 Å². The lowest BCUT2D eigenvalue weighted by atomic mass is 9.26. The quantitative estimate of drug-likeness (QED) is 0.173. The van der Waals surface area contributed by atoms with Crippen LogP contribution in [0.3, 0.4) is 0 Å². The molecule has 56 heavy (non-hydrogen) atoms. The van der Waals surface area contributed by atoms with E-state index < -0.39 is 0 Å². The van der Waals surface area contributed by atoms with Crippen LogP contribution in [0.5, 0.6) is 0 Å². The minimum absolute atomic E-state index is 0.0684. The van der Waals surface area contributed by atoms with E-state index in [-0.39, 0.29) is 16.2 Å². The van der Waals surface area contributed by atoms with Gasteiger partial charge in [0.05, 0.1) is 5.69 Å². The van der Waals surface area contributed by atoms with Gasteiger partial charge in [0.1, 0.15) is 0 Å². The van der Waals surface area contributed by atoms with Crippen LogP contribution in [0.2, 0.25) is 0 Å². The molecule has 6 aromatic rings. The van der Waals surface area contributed by atoms with E-state index in [4.69, 9.17) is 0 Å². The van der Waals surface area contributed by atoms with Gasteiger partial charge in [0.2, 0.25) is 0 Å². The molecule has 2 spiro atoms. The number of benzene rings is 6. The number of fused-ring (bicyclic) bond motifs is 8. The average molecular weight is 746 g/mol. The Bertz CT molecular complexity index is 2550. The van der Waals surface area contributed by atoms with Crippen molar-refractivity contribution in [2.24, 2.45) is 29.1 Å². The number of hydrogen-bond acceptors (Lipinski definition) is 2. The fourth-order valence-electron chi connectivity index (χ4n) is 13.8. The molecule has 4 fully saturated rings. The molecule has 6 aliphatic rings. The highest BCUT2D eigenvalue weighted by atomic mass is 32.2. The molecule has 0 saturated heterocycles. The summed E-state index contributed by atoms with van der Waals surface area (Å²) in [6.07, 6.45) is 8.29. The topological polar surface area (TPSA) is 3.24 Å². The first-order valence-corrected chi connectivity index (χ1v) is 22.1. The SMILES string of the molecule is CC1(C)CCC(C)(C)c2c(N(c3ccc(-c4ccccc4)cc3)c3ccc(-c4ccc5c(c4)Sc4ccccc4C54C5CC6CC7CC4C75C6)cc3)cccc21. The van der Waals surface area contributed by atoms with Crippen molar-refractivity contribution in [2.75, 3.05) is 4.90 Å². The molecular formula is C54H51NS. The van der Waals surface area contributed by atoms with Crippen LogP contribution in [0.25, 0.3) is 22.3 Å². The molecule has 6 atom stereocenters. The molecule has 0 N–H and O–H groups in total. The standard InChI is InChI=1S/C54H51NS/c1-51(2)27-28-52(3,4)50-44(51)14-10-15-45(50)55(40-22-17-36(18-23-40)35-11-6-5-7-12-35)41-24-19-37(20-25-41)38-21-26-43-47(31-38)56-46-16-9-8-13-42(46)54(43)48-30-34-29-39-32-49(54)53(39,48)33-34/h5-26,31,34,39,48-49H,27-30,32-33H2,1-4H3. The van der Waals surface area contributed by atoms with Crippen LogP contribution in [0.15, 0.2) is 149 Å². The van der Waals surface area contributed by atoms with E-state index in [1.54, 1.807) is 11.1 Å². The van der Waals surface area contributed by atoms with Gasteiger partial charge in [-0.2, -0.15) is 0 Å². The second kappa shape index (κ2) is 11.5. The van der Waals surface area contributed by atoms with Gasteiger partial charge < -0.3 is 4.90 Å². The molecule has 0 radical (unpaired) electrons. The van der Waals surface area contributed by atoms with Crippen molar-refractivity contribution in [2.45, 2.75) is 92.3 Å². The fourth-order valence-corrected chi connectivity index (χ4v) is 15.1. The highest BCUT2D eigenvalue weighted by Gasteiger charge is 2.84. The first kappa shape index (κ1) is 33.6. The van der Waals surface area contributed by atoms with Crippen molar-refractivity contribution in [1.82, 2.24) is 0 Å². The minimum Gasteiger partial charge on any atom is -0.310 e. The second-order valence-electron chi connectivity index (χ2n) is 19.6. The van der Waals surface area contributed by atoms with Crippen molar-refractivity contribution in [3.63, 3.8) is 0 Å². The lowest BCUT2D eigenvalue weighted by Gasteiger charge is -2.78. The highest BCUT2D eigenvalue weighted by molar-refractivity contribution is 7.99. The molecule has 1 heterocycles. The monoisotopic (exact) mass is 745 g/mol. The lowest BCUT2D eigenvalue weighted by Crippen LogP contribution is -2.74. The van der Waals surface area contributed by atoms with E-state index in [1.165, 1.54) is 98.8 Å². The zero-order valence-electron chi connectivity index (χ0n) is 33.2. The van der Waals surface area contributed by atoms with E-state index >= 15 is 0 Å². The molecule has 12 rings (SSSR count). The molecule has 278 valence electrons. The van der Waals surface area contributed by atoms with Crippen LogP contribution in [-0.2, 0) is 16.2 Å². The summed E-state index contributed by atoms with van der Waals surface area (Å²) < 4.78 is 0. The van der Waals surface area contributed by atoms with E-state index in [2.05, 4.69) is 172 Å². The molecule has 0 amide bonds. The van der Waals surface area contributed by atoms with Gasteiger partial charge in [0.15, 0.2) is 0 Å². The zero-order chi connectivity index (χ0) is 37.6. The van der Waals surface area contributed by atoms with Gasteiger partial charge in [-0.25, -0.2) is 0 Å². The Morgan fingerprint density at radius 2 is 1.12 bits per heavy atom. The van der Waals surface area contributed by atoms with Crippen molar-refractivity contribution in [3.8, 4) is 22.3 Å². The van der Waals surface area contributed by atoms with Gasteiger partial charge in [-0.3, -0.25) is 0 Å². The third kappa shape index (κ3) is 4.35. The highest BCUT2D eigenvalue weighted by Crippen LogP contribution is 2.89. The summed E-state index contributed by atoms with van der Waals surface area (Å²) in [7, 11) is 0. The van der Waals surface area contributed by atoms with Gasteiger partial charge in [0.25, 0.3) is 0 Å². The Morgan fingerprint density at radius 3 is 1.88 bits per heavy atom. The van der Waals surface area contributed by atoms with Gasteiger partial charge >= 0.3 is 0 Å². The lowest BCUT2D eigenvalue weighted by molar-refractivity contribution is -0.235. The molecule has 2 bridgehead atoms. The molecule has 5 aliphatic carbocycles. The van der Waals surface area contributed by atoms with Crippen LogP contribution in [0, 0.1) is 29.1 Å². The predicted molar refractivity (Wildman–Crippen MR) is 233 cm³/mol. The van der Waals surface area contributed by atoms with E-state index in [0.717, 1.165) is 23.7 Å². The maximum atomic E-state index is 2.56. The number of hydrogen-bond donors (Lipinski definition) is 0. The summed E-state index contributed by atoms with van der Waals surface area (Å²) in [6.45, 7) is 9.76. The first-order chi connectivity index (χ1) is 27.2. The summed E-state index contributed by atoms with van der Waals surface area (Å²) in [5.41, 5.74) is 16.1. The molecule has 0 aromatic heterocycles. The van der Waals surface area contributed by atoms with Crippen LogP contribution in [-0.4, -0.2) is 0 Å². The van der Waals surface area contributed by atoms with Crippen LogP contribution < -0.4 is 4.90 Å². The maximum Gasteiger partial charge on any atom is 0.0502 e. The van der Waals surface area contributed by atoms with Crippen LogP contribution >= 0.6 is 11.8 Å². The maximum absolute atomic E-state index is 2.56. The largest absolute Gasteiger partial charge is 0.310 e. The predicted octanol–water partition coefficient (Wildman–Crippen LogP) is 14.7. The summed E-state index contributed by atoms with van der Waals surface area (Å²) in [5, 5.41) is 0. The van der Waals surface area contributed by atoms with E-state index in [9.17, 15) is 0 Å². The van der Waals surface area contributed by atoms with Crippen LogP contribution in [0.1, 0.15) is 88.5 Å². The van der Waals surface area contributed by atoms with Crippen molar-refractivity contribution >= 4 is 28.8 Å². The molecule has 4 saturated carbocycles. The van der Waals surface area contributed by atoms with Gasteiger partial charge in [-0.15, -0.1) is 0 Å². The number of rotatable bonds is 5. The smallest absolute Gasteiger partial charge is 0.0502 e. The van der Waals surface area contributed by atoms with Crippen molar-refractivity contribution in [3.05, 3.63) is 162 Å². The van der Waals surface area contributed by atoms with Gasteiger partial charge in [0, 0.05) is 26.6 Å². The summed E-state index contributed by atoms with van der Waals surface area (Å²) >= 11 is 2.02. The molecule has 1 aliphatic heterocycles. The Hall–Kier alpha value is -4.53. The molecular weight excluding hydrogens is 695 g/mol. The van der Waals surface area contributed by atoms with Crippen LogP contribution in [0.4, 0.5) is 17.1 Å². The Morgan fingerprint density at radius 1 is 0.518 bits per heavy atom. The Balaban J connectivity index is 0.947.